The quantitative estimate of drug-likeness (QED) is 0.558. The molecule has 150 valence electrons. The van der Waals surface area contributed by atoms with E-state index in [0.29, 0.717) is 18.0 Å². The first kappa shape index (κ1) is 21.0. The molecule has 1 amide bonds. The third-order valence-electron chi connectivity index (χ3n) is 5.85. The molecule has 0 radical (unpaired) electrons. The van der Waals surface area contributed by atoms with Gasteiger partial charge in [0, 0.05) is 45.8 Å². The van der Waals surface area contributed by atoms with Gasteiger partial charge in [-0.15, -0.1) is 0 Å². The van der Waals surface area contributed by atoms with Gasteiger partial charge in [0.15, 0.2) is 5.96 Å². The van der Waals surface area contributed by atoms with Crippen molar-refractivity contribution in [3.8, 4) is 0 Å². The molecule has 1 saturated heterocycles. The number of likely N-dealkylation sites (N-methyl/N-ethyl adjacent to an activating group) is 1. The summed E-state index contributed by atoms with van der Waals surface area (Å²) in [5, 5.41) is 7.14. The highest BCUT2D eigenvalue weighted by Crippen LogP contribution is 2.23. The van der Waals surface area contributed by atoms with Crippen LogP contribution in [0.1, 0.15) is 52.9 Å². The molecule has 6 nitrogen and oxygen atoms in total. The molecular weight excluding hydrogens is 326 g/mol. The van der Waals surface area contributed by atoms with E-state index in [0.717, 1.165) is 31.5 Å². The maximum Gasteiger partial charge on any atom is 0.243 e. The molecule has 2 unspecified atom stereocenters. The maximum atomic E-state index is 12.0. The summed E-state index contributed by atoms with van der Waals surface area (Å²) in [5.41, 5.74) is 0. The van der Waals surface area contributed by atoms with Gasteiger partial charge in [-0.25, -0.2) is 4.99 Å². The molecule has 0 aromatic rings. The summed E-state index contributed by atoms with van der Waals surface area (Å²) in [7, 11) is 3.56. The van der Waals surface area contributed by atoms with Crippen molar-refractivity contribution in [1.29, 1.82) is 0 Å². The van der Waals surface area contributed by atoms with E-state index in [4.69, 9.17) is 0 Å². The Hall–Kier alpha value is -1.30. The normalized spacial score (nSPS) is 25.5. The molecule has 0 bridgehead atoms. The van der Waals surface area contributed by atoms with Gasteiger partial charge in [-0.3, -0.25) is 9.69 Å². The summed E-state index contributed by atoms with van der Waals surface area (Å²) in [4.78, 5) is 20.6. The predicted octanol–water partition coefficient (Wildman–Crippen LogP) is 1.92. The lowest BCUT2D eigenvalue weighted by Crippen LogP contribution is -2.48. The van der Waals surface area contributed by atoms with E-state index in [9.17, 15) is 4.79 Å². The largest absolute Gasteiger partial charge is 0.356 e. The van der Waals surface area contributed by atoms with E-state index >= 15 is 0 Å². The standard InChI is InChI=1S/C20H39N5O/c1-15(2)25-13-16(3)18(14-25)23-20(22-12-19(26)24(4)5)21-11-17-9-7-6-8-10-17/h15-18H,6-14H2,1-5H3,(H2,21,22,23). The van der Waals surface area contributed by atoms with E-state index in [2.05, 4.69) is 41.3 Å². The number of carbonyl (C=O) groups is 1. The number of rotatable bonds is 6. The molecule has 2 fully saturated rings. The minimum absolute atomic E-state index is 0.0343. The topological polar surface area (TPSA) is 60.0 Å². The van der Waals surface area contributed by atoms with Crippen LogP contribution in [0, 0.1) is 11.8 Å². The van der Waals surface area contributed by atoms with Crippen LogP contribution in [-0.2, 0) is 4.79 Å². The van der Waals surface area contributed by atoms with Crippen LogP contribution in [0.5, 0.6) is 0 Å². The number of guanidine groups is 1. The van der Waals surface area contributed by atoms with Crippen molar-refractivity contribution in [2.24, 2.45) is 16.8 Å². The van der Waals surface area contributed by atoms with E-state index in [1.807, 2.05) is 0 Å². The molecule has 26 heavy (non-hydrogen) atoms. The van der Waals surface area contributed by atoms with Gasteiger partial charge in [-0.05, 0) is 38.5 Å². The van der Waals surface area contributed by atoms with Crippen LogP contribution in [0.25, 0.3) is 0 Å². The summed E-state index contributed by atoms with van der Waals surface area (Å²) in [6, 6.07) is 0.944. The van der Waals surface area contributed by atoms with Crippen molar-refractivity contribution in [2.45, 2.75) is 65.0 Å². The van der Waals surface area contributed by atoms with Crippen LogP contribution in [-0.4, -0.2) is 74.0 Å². The van der Waals surface area contributed by atoms with Crippen molar-refractivity contribution in [3.05, 3.63) is 0 Å². The zero-order valence-corrected chi connectivity index (χ0v) is 17.4. The third kappa shape index (κ3) is 6.45. The highest BCUT2D eigenvalue weighted by molar-refractivity contribution is 5.85. The number of aliphatic imine (C=N–C) groups is 1. The maximum absolute atomic E-state index is 12.0. The second-order valence-electron chi connectivity index (χ2n) is 8.61. The number of amides is 1. The second-order valence-corrected chi connectivity index (χ2v) is 8.61. The monoisotopic (exact) mass is 365 g/mol. The highest BCUT2D eigenvalue weighted by Gasteiger charge is 2.31. The molecule has 0 spiro atoms. The Labute approximate surface area is 159 Å². The lowest BCUT2D eigenvalue weighted by molar-refractivity contribution is -0.127. The summed E-state index contributed by atoms with van der Waals surface area (Å²) in [6.45, 7) is 10.1. The number of hydrogen-bond donors (Lipinski definition) is 2. The van der Waals surface area contributed by atoms with Crippen LogP contribution < -0.4 is 10.6 Å². The van der Waals surface area contributed by atoms with Gasteiger partial charge in [0.25, 0.3) is 0 Å². The number of nitrogens with zero attached hydrogens (tertiary/aromatic N) is 3. The second kappa shape index (κ2) is 10.1. The molecule has 1 saturated carbocycles. The Kier molecular flexibility index (Phi) is 8.19. The van der Waals surface area contributed by atoms with E-state index in [1.54, 1.807) is 19.0 Å². The van der Waals surface area contributed by atoms with Gasteiger partial charge in [0.1, 0.15) is 6.54 Å². The average Bonchev–Trinajstić information content (AvgIpc) is 2.98. The van der Waals surface area contributed by atoms with Crippen LogP contribution in [0.3, 0.4) is 0 Å². The molecule has 2 N–H and O–H groups in total. The van der Waals surface area contributed by atoms with Crippen molar-refractivity contribution >= 4 is 11.9 Å². The zero-order valence-electron chi connectivity index (χ0n) is 17.4. The molecule has 2 rings (SSSR count). The fourth-order valence-corrected chi connectivity index (χ4v) is 3.86. The molecule has 2 atom stereocenters. The number of carbonyl (C=O) groups excluding carboxylic acids is 1. The first-order valence-electron chi connectivity index (χ1n) is 10.4. The van der Waals surface area contributed by atoms with Gasteiger partial charge in [-0.2, -0.15) is 0 Å². The van der Waals surface area contributed by atoms with Crippen molar-refractivity contribution in [1.82, 2.24) is 20.4 Å². The predicted molar refractivity (Wildman–Crippen MR) is 108 cm³/mol. The van der Waals surface area contributed by atoms with Crippen molar-refractivity contribution in [2.75, 3.05) is 40.3 Å². The lowest BCUT2D eigenvalue weighted by atomic mass is 9.89. The smallest absolute Gasteiger partial charge is 0.243 e. The van der Waals surface area contributed by atoms with Crippen molar-refractivity contribution in [3.63, 3.8) is 0 Å². The third-order valence-corrected chi connectivity index (χ3v) is 5.85. The fourth-order valence-electron chi connectivity index (χ4n) is 3.86. The Morgan fingerprint density at radius 3 is 2.46 bits per heavy atom. The number of likely N-dealkylation sites (tertiary alicyclic amines) is 1. The summed E-state index contributed by atoms with van der Waals surface area (Å²) < 4.78 is 0. The summed E-state index contributed by atoms with van der Waals surface area (Å²) in [5.74, 6) is 2.14. The van der Waals surface area contributed by atoms with Crippen LogP contribution in [0.4, 0.5) is 0 Å². The molecule has 0 aromatic carbocycles. The molecule has 1 aliphatic heterocycles. The minimum atomic E-state index is 0.0343. The van der Waals surface area contributed by atoms with Gasteiger partial charge in [-0.1, -0.05) is 26.2 Å². The molecular formula is C20H39N5O. The minimum Gasteiger partial charge on any atom is -0.356 e. The number of nitrogens with one attached hydrogen (secondary N) is 2. The Morgan fingerprint density at radius 1 is 1.19 bits per heavy atom. The Morgan fingerprint density at radius 2 is 1.88 bits per heavy atom. The van der Waals surface area contributed by atoms with Gasteiger partial charge in [0.2, 0.25) is 5.91 Å². The molecule has 6 heteroatoms. The molecule has 2 aliphatic rings. The SMILES string of the molecule is CC1CN(C(C)C)CC1NC(=NCC(=O)N(C)C)NCC1CCCCC1. The molecule has 1 aliphatic carbocycles. The van der Waals surface area contributed by atoms with Gasteiger partial charge in [0.05, 0.1) is 0 Å². The zero-order chi connectivity index (χ0) is 19.1. The summed E-state index contributed by atoms with van der Waals surface area (Å²) in [6.07, 6.45) is 6.66. The van der Waals surface area contributed by atoms with E-state index in [-0.39, 0.29) is 12.5 Å². The lowest BCUT2D eigenvalue weighted by Gasteiger charge is -2.25. The van der Waals surface area contributed by atoms with Crippen molar-refractivity contribution < 1.29 is 4.79 Å². The first-order chi connectivity index (χ1) is 12.4. The fraction of sp³-hybridized carbons (Fsp3) is 0.900. The summed E-state index contributed by atoms with van der Waals surface area (Å²) >= 11 is 0. The van der Waals surface area contributed by atoms with E-state index < -0.39 is 0 Å². The van der Waals surface area contributed by atoms with Crippen LogP contribution in [0.2, 0.25) is 0 Å². The highest BCUT2D eigenvalue weighted by atomic mass is 16.2. The van der Waals surface area contributed by atoms with Crippen LogP contribution in [0.15, 0.2) is 4.99 Å². The van der Waals surface area contributed by atoms with E-state index in [1.165, 1.54) is 32.1 Å². The first-order valence-corrected chi connectivity index (χ1v) is 10.4. The molecule has 1 heterocycles. The van der Waals surface area contributed by atoms with Gasteiger partial charge < -0.3 is 15.5 Å². The Balaban J connectivity index is 1.95. The number of hydrogen-bond acceptors (Lipinski definition) is 3. The van der Waals surface area contributed by atoms with Crippen LogP contribution >= 0.6 is 0 Å². The Bertz CT molecular complexity index is 471. The molecule has 0 aromatic heterocycles. The van der Waals surface area contributed by atoms with Gasteiger partial charge >= 0.3 is 0 Å². The average molecular weight is 366 g/mol.